The van der Waals surface area contributed by atoms with Gasteiger partial charge in [-0.1, -0.05) is 6.07 Å². The predicted molar refractivity (Wildman–Crippen MR) is 111 cm³/mol. The van der Waals surface area contributed by atoms with Crippen LogP contribution in [0.25, 0.3) is 0 Å². The Labute approximate surface area is 167 Å². The van der Waals surface area contributed by atoms with Crippen molar-refractivity contribution in [3.05, 3.63) is 23.8 Å². The Bertz CT molecular complexity index is 539. The molecule has 1 aromatic carbocycles. The zero-order chi connectivity index (χ0) is 19.5. The molecule has 0 aliphatic carbocycles. The van der Waals surface area contributed by atoms with E-state index in [-0.39, 0.29) is 12.7 Å². The molecule has 0 radical (unpaired) electrons. The van der Waals surface area contributed by atoms with Crippen LogP contribution in [0.1, 0.15) is 19.4 Å². The highest BCUT2D eigenvalue weighted by molar-refractivity contribution is 7.99. The van der Waals surface area contributed by atoms with Gasteiger partial charge >= 0.3 is 0 Å². The van der Waals surface area contributed by atoms with Crippen molar-refractivity contribution in [3.63, 3.8) is 0 Å². The maximum absolute atomic E-state index is 10.3. The van der Waals surface area contributed by atoms with Crippen LogP contribution in [0.15, 0.2) is 18.2 Å². The second-order valence-corrected chi connectivity index (χ2v) is 8.18. The van der Waals surface area contributed by atoms with E-state index >= 15 is 0 Å². The zero-order valence-electron chi connectivity index (χ0n) is 16.8. The van der Waals surface area contributed by atoms with Gasteiger partial charge in [-0.25, -0.2) is 0 Å². The molecule has 1 aliphatic heterocycles. The molecular weight excluding hydrogens is 364 g/mol. The number of aliphatic hydroxyl groups is 1. The maximum Gasteiger partial charge on any atom is 0.161 e. The molecule has 27 heavy (non-hydrogen) atoms. The lowest BCUT2D eigenvalue weighted by Crippen LogP contribution is -2.40. The van der Waals surface area contributed by atoms with E-state index in [0.717, 1.165) is 43.2 Å². The molecular formula is C20H34N2O4S. The van der Waals surface area contributed by atoms with Gasteiger partial charge in [0.25, 0.3) is 0 Å². The standard InChI is InChI=1S/C20H34N2O4S/c1-16(2)25-9-6-21-13-17-4-5-19(20(12-17)24-3)26-15-18(23)14-22-7-10-27-11-8-22/h4-5,12,16,18,21,23H,6-11,13-15H2,1-3H3. The molecule has 1 fully saturated rings. The zero-order valence-corrected chi connectivity index (χ0v) is 17.6. The summed E-state index contributed by atoms with van der Waals surface area (Å²) >= 11 is 1.97. The van der Waals surface area contributed by atoms with Crippen LogP contribution < -0.4 is 14.8 Å². The normalized spacial score (nSPS) is 16.5. The van der Waals surface area contributed by atoms with E-state index in [1.165, 1.54) is 0 Å². The van der Waals surface area contributed by atoms with Crippen molar-refractivity contribution in [1.29, 1.82) is 0 Å². The van der Waals surface area contributed by atoms with Gasteiger partial charge in [0.1, 0.15) is 12.7 Å². The quantitative estimate of drug-likeness (QED) is 0.522. The van der Waals surface area contributed by atoms with Crippen LogP contribution in [0.5, 0.6) is 11.5 Å². The monoisotopic (exact) mass is 398 g/mol. The Morgan fingerprint density at radius 2 is 2.00 bits per heavy atom. The van der Waals surface area contributed by atoms with Gasteiger partial charge in [0.05, 0.1) is 19.8 Å². The molecule has 1 saturated heterocycles. The average molecular weight is 399 g/mol. The number of rotatable bonds is 12. The first kappa shape index (κ1) is 22.3. The van der Waals surface area contributed by atoms with Crippen molar-refractivity contribution in [2.45, 2.75) is 32.6 Å². The Kier molecular flexibility index (Phi) is 10.3. The van der Waals surface area contributed by atoms with Crippen LogP contribution in [-0.2, 0) is 11.3 Å². The molecule has 0 aromatic heterocycles. The molecule has 154 valence electrons. The van der Waals surface area contributed by atoms with E-state index in [9.17, 15) is 5.11 Å². The summed E-state index contributed by atoms with van der Waals surface area (Å²) in [5.41, 5.74) is 1.12. The number of nitrogens with one attached hydrogen (secondary N) is 1. The summed E-state index contributed by atoms with van der Waals surface area (Å²) in [5, 5.41) is 13.6. The molecule has 0 spiro atoms. The third kappa shape index (κ3) is 8.70. The lowest BCUT2D eigenvalue weighted by molar-refractivity contribution is 0.0705. The van der Waals surface area contributed by atoms with E-state index in [4.69, 9.17) is 14.2 Å². The van der Waals surface area contributed by atoms with Gasteiger partial charge in [-0.3, -0.25) is 4.90 Å². The van der Waals surface area contributed by atoms with Gasteiger partial charge in [0, 0.05) is 44.2 Å². The van der Waals surface area contributed by atoms with Crippen LogP contribution in [0.4, 0.5) is 0 Å². The maximum atomic E-state index is 10.3. The fourth-order valence-electron chi connectivity index (χ4n) is 2.86. The van der Waals surface area contributed by atoms with Gasteiger partial charge in [-0.2, -0.15) is 11.8 Å². The molecule has 6 nitrogen and oxygen atoms in total. The fourth-order valence-corrected chi connectivity index (χ4v) is 3.84. The smallest absolute Gasteiger partial charge is 0.161 e. The molecule has 1 unspecified atom stereocenters. The van der Waals surface area contributed by atoms with Crippen LogP contribution in [-0.4, -0.2) is 80.2 Å². The highest BCUT2D eigenvalue weighted by Gasteiger charge is 2.16. The van der Waals surface area contributed by atoms with E-state index in [1.54, 1.807) is 7.11 Å². The Morgan fingerprint density at radius 3 is 2.70 bits per heavy atom. The van der Waals surface area contributed by atoms with Crippen LogP contribution in [0, 0.1) is 0 Å². The van der Waals surface area contributed by atoms with Crippen LogP contribution in [0.3, 0.4) is 0 Å². The van der Waals surface area contributed by atoms with E-state index < -0.39 is 6.10 Å². The molecule has 2 N–H and O–H groups in total. The Morgan fingerprint density at radius 1 is 1.22 bits per heavy atom. The van der Waals surface area contributed by atoms with Gasteiger partial charge in [-0.05, 0) is 31.5 Å². The van der Waals surface area contributed by atoms with Crippen molar-refractivity contribution in [1.82, 2.24) is 10.2 Å². The van der Waals surface area contributed by atoms with Crippen LogP contribution in [0.2, 0.25) is 0 Å². The summed E-state index contributed by atoms with van der Waals surface area (Å²) < 4.78 is 16.8. The number of β-amino-alcohol motifs (C(OH)–C–C–N with tert-alkyl or cyclic N) is 1. The third-order valence-electron chi connectivity index (χ3n) is 4.29. The number of hydrogen-bond donors (Lipinski definition) is 2. The molecule has 1 aromatic rings. The molecule has 2 rings (SSSR count). The molecule has 0 saturated carbocycles. The first-order chi connectivity index (χ1) is 13.1. The lowest BCUT2D eigenvalue weighted by atomic mass is 10.2. The summed E-state index contributed by atoms with van der Waals surface area (Å²) in [6.45, 7) is 9.31. The average Bonchev–Trinajstić information content (AvgIpc) is 2.67. The minimum absolute atomic E-state index is 0.257. The van der Waals surface area contributed by atoms with Crippen molar-refractivity contribution in [3.8, 4) is 11.5 Å². The van der Waals surface area contributed by atoms with Gasteiger partial charge in [-0.15, -0.1) is 0 Å². The Balaban J connectivity index is 1.75. The number of hydrogen-bond acceptors (Lipinski definition) is 7. The predicted octanol–water partition coefficient (Wildman–Crippen LogP) is 2.00. The van der Waals surface area contributed by atoms with Crippen molar-refractivity contribution < 1.29 is 19.3 Å². The van der Waals surface area contributed by atoms with Crippen LogP contribution >= 0.6 is 11.8 Å². The molecule has 0 amide bonds. The third-order valence-corrected chi connectivity index (χ3v) is 5.23. The lowest BCUT2D eigenvalue weighted by Gasteiger charge is -2.28. The van der Waals surface area contributed by atoms with Gasteiger partial charge in [0.2, 0.25) is 0 Å². The summed E-state index contributed by atoms with van der Waals surface area (Å²) in [7, 11) is 1.64. The van der Waals surface area contributed by atoms with Gasteiger partial charge in [0.15, 0.2) is 11.5 Å². The van der Waals surface area contributed by atoms with Gasteiger partial charge < -0.3 is 24.6 Å². The summed E-state index contributed by atoms with van der Waals surface area (Å²) in [6, 6.07) is 5.90. The minimum Gasteiger partial charge on any atom is -0.493 e. The topological polar surface area (TPSA) is 63.2 Å². The van der Waals surface area contributed by atoms with E-state index in [2.05, 4.69) is 10.2 Å². The number of benzene rings is 1. The number of nitrogens with zero attached hydrogens (tertiary/aromatic N) is 1. The van der Waals surface area contributed by atoms with Crippen molar-refractivity contribution in [2.75, 3.05) is 58.0 Å². The summed E-state index contributed by atoms with van der Waals surface area (Å²) in [6.07, 6.45) is -0.243. The minimum atomic E-state index is -0.500. The molecule has 1 aliphatic rings. The molecule has 1 atom stereocenters. The van der Waals surface area contributed by atoms with Crippen molar-refractivity contribution >= 4 is 11.8 Å². The largest absolute Gasteiger partial charge is 0.493 e. The number of ether oxygens (including phenoxy) is 3. The highest BCUT2D eigenvalue weighted by Crippen LogP contribution is 2.28. The first-order valence-electron chi connectivity index (χ1n) is 9.68. The van der Waals surface area contributed by atoms with Crippen molar-refractivity contribution in [2.24, 2.45) is 0 Å². The number of aliphatic hydroxyl groups excluding tert-OH is 1. The number of methoxy groups -OCH3 is 1. The molecule has 7 heteroatoms. The molecule has 0 bridgehead atoms. The van der Waals surface area contributed by atoms with E-state index in [0.29, 0.717) is 24.7 Å². The summed E-state index contributed by atoms with van der Waals surface area (Å²) in [5.74, 6) is 3.63. The second kappa shape index (κ2) is 12.5. The Hall–Kier alpha value is -0.990. The SMILES string of the molecule is COc1cc(CNCCOC(C)C)ccc1OCC(O)CN1CCSCC1. The second-order valence-electron chi connectivity index (χ2n) is 6.96. The number of thioether (sulfide) groups is 1. The van der Waals surface area contributed by atoms with E-state index in [1.807, 2.05) is 43.8 Å². The molecule has 1 heterocycles. The highest BCUT2D eigenvalue weighted by atomic mass is 32.2. The summed E-state index contributed by atoms with van der Waals surface area (Å²) in [4.78, 5) is 2.29. The first-order valence-corrected chi connectivity index (χ1v) is 10.8. The fraction of sp³-hybridized carbons (Fsp3) is 0.700.